The predicted octanol–water partition coefficient (Wildman–Crippen LogP) is 4.54. The zero-order valence-electron chi connectivity index (χ0n) is 23.5. The molecule has 0 aromatic carbocycles. The lowest BCUT2D eigenvalue weighted by atomic mass is 9.82. The fourth-order valence-electron chi connectivity index (χ4n) is 5.19. The zero-order valence-corrected chi connectivity index (χ0v) is 23.5. The van der Waals surface area contributed by atoms with Crippen LogP contribution in [0, 0.1) is 23.7 Å². The highest BCUT2D eigenvalue weighted by Crippen LogP contribution is 2.58. The van der Waals surface area contributed by atoms with Crippen LogP contribution in [0.2, 0.25) is 0 Å². The Kier molecular flexibility index (Phi) is 15.8. The number of fused-ring (bicyclic) bond motifs is 5. The number of nitrogens with one attached hydrogen (secondary N) is 2. The number of amides is 2. The van der Waals surface area contributed by atoms with Gasteiger partial charge in [-0.15, -0.1) is 0 Å². The Balaban J connectivity index is 0.000000287. The van der Waals surface area contributed by atoms with E-state index in [1.807, 2.05) is 0 Å². The average molecular weight is 539 g/mol. The first kappa shape index (κ1) is 33.0. The third-order valence-electron chi connectivity index (χ3n) is 6.79. The SMILES string of the molecule is C1CC2C3CCC(C3)C2C1.C=C(C)C(=O)OCCOC(=O)NCC.C=C(C)C(=O)OCCOC(=O)NCC. The minimum absolute atomic E-state index is 0.0445. The molecule has 2 amide bonds. The van der Waals surface area contributed by atoms with Crippen LogP contribution in [0.1, 0.15) is 66.2 Å². The summed E-state index contributed by atoms with van der Waals surface area (Å²) in [6, 6.07) is 0. The molecule has 0 aliphatic heterocycles. The maximum atomic E-state index is 10.8. The van der Waals surface area contributed by atoms with Crippen molar-refractivity contribution in [2.75, 3.05) is 39.5 Å². The normalized spacial score (nSPS) is 21.8. The van der Waals surface area contributed by atoms with Gasteiger partial charge in [-0.3, -0.25) is 0 Å². The van der Waals surface area contributed by atoms with Gasteiger partial charge in [-0.25, -0.2) is 19.2 Å². The molecule has 3 aliphatic rings. The number of rotatable bonds is 10. The van der Waals surface area contributed by atoms with Crippen LogP contribution in [-0.4, -0.2) is 63.6 Å². The van der Waals surface area contributed by atoms with Crippen LogP contribution in [0.5, 0.6) is 0 Å². The summed E-state index contributed by atoms with van der Waals surface area (Å²) in [5.41, 5.74) is 0.644. The summed E-state index contributed by atoms with van der Waals surface area (Å²) >= 11 is 0. The lowest BCUT2D eigenvalue weighted by Crippen LogP contribution is -2.25. The van der Waals surface area contributed by atoms with Gasteiger partial charge in [0.25, 0.3) is 0 Å². The zero-order chi connectivity index (χ0) is 28.5. The van der Waals surface area contributed by atoms with E-state index in [1.54, 1.807) is 66.2 Å². The highest BCUT2D eigenvalue weighted by Gasteiger charge is 2.48. The lowest BCUT2D eigenvalue weighted by Gasteiger charge is -2.23. The van der Waals surface area contributed by atoms with Crippen molar-refractivity contribution in [2.45, 2.75) is 66.2 Å². The van der Waals surface area contributed by atoms with Gasteiger partial charge in [0.1, 0.15) is 26.4 Å². The smallest absolute Gasteiger partial charge is 0.407 e. The molecule has 216 valence electrons. The van der Waals surface area contributed by atoms with Crippen molar-refractivity contribution in [3.8, 4) is 0 Å². The van der Waals surface area contributed by atoms with Gasteiger partial charge in [-0.05, 0) is 83.5 Å². The van der Waals surface area contributed by atoms with Crippen LogP contribution in [-0.2, 0) is 28.5 Å². The molecule has 3 aliphatic carbocycles. The molecule has 0 aromatic rings. The summed E-state index contributed by atoms with van der Waals surface area (Å²) in [4.78, 5) is 43.1. The van der Waals surface area contributed by atoms with Gasteiger partial charge >= 0.3 is 24.1 Å². The summed E-state index contributed by atoms with van der Waals surface area (Å²) in [7, 11) is 0. The van der Waals surface area contributed by atoms with Gasteiger partial charge in [0.15, 0.2) is 0 Å². The van der Waals surface area contributed by atoms with Gasteiger partial charge in [0.2, 0.25) is 0 Å². The van der Waals surface area contributed by atoms with E-state index in [0.717, 1.165) is 0 Å². The van der Waals surface area contributed by atoms with Crippen molar-refractivity contribution in [1.29, 1.82) is 0 Å². The molecule has 0 saturated heterocycles. The second kappa shape index (κ2) is 18.3. The van der Waals surface area contributed by atoms with Crippen LogP contribution >= 0.6 is 0 Å². The van der Waals surface area contributed by atoms with Gasteiger partial charge in [-0.1, -0.05) is 19.6 Å². The van der Waals surface area contributed by atoms with E-state index in [2.05, 4.69) is 42.7 Å². The summed E-state index contributed by atoms with van der Waals surface area (Å²) in [5, 5.41) is 4.87. The minimum Gasteiger partial charge on any atom is -0.459 e. The van der Waals surface area contributed by atoms with Crippen molar-refractivity contribution in [2.24, 2.45) is 23.7 Å². The molecule has 10 nitrogen and oxygen atoms in total. The van der Waals surface area contributed by atoms with Crippen LogP contribution in [0.25, 0.3) is 0 Å². The molecule has 0 radical (unpaired) electrons. The molecule has 2 bridgehead atoms. The molecule has 0 spiro atoms. The van der Waals surface area contributed by atoms with E-state index < -0.39 is 24.1 Å². The van der Waals surface area contributed by atoms with E-state index in [4.69, 9.17) is 0 Å². The summed E-state index contributed by atoms with van der Waals surface area (Å²) in [6.45, 7) is 14.7. The highest BCUT2D eigenvalue weighted by molar-refractivity contribution is 5.87. The standard InChI is InChI=1S/C10H16.2C9H15NO4/c1-2-9-7-4-5-8(6-7)10(9)3-1;2*1-4-10-9(12)14-6-5-13-8(11)7(2)3/h7-10H,1-6H2;2*2,4-6H2,1,3H3,(H,10,12). The summed E-state index contributed by atoms with van der Waals surface area (Å²) in [5.74, 6) is 3.83. The molecule has 3 fully saturated rings. The first-order valence-electron chi connectivity index (χ1n) is 13.6. The Bertz CT molecular complexity index is 749. The van der Waals surface area contributed by atoms with Gasteiger partial charge in [-0.2, -0.15) is 0 Å². The van der Waals surface area contributed by atoms with Crippen molar-refractivity contribution < 1.29 is 38.1 Å². The molecular weight excluding hydrogens is 492 g/mol. The molecule has 4 unspecified atom stereocenters. The highest BCUT2D eigenvalue weighted by atomic mass is 16.6. The van der Waals surface area contributed by atoms with Crippen LogP contribution in [0.4, 0.5) is 9.59 Å². The second-order valence-electron chi connectivity index (χ2n) is 9.76. The molecule has 3 rings (SSSR count). The molecule has 38 heavy (non-hydrogen) atoms. The average Bonchev–Trinajstić information content (AvgIpc) is 3.61. The molecule has 3 saturated carbocycles. The number of carbonyl (C=O) groups excluding carboxylic acids is 4. The van der Waals surface area contributed by atoms with Gasteiger partial charge in [0.05, 0.1) is 0 Å². The Morgan fingerprint density at radius 1 is 0.658 bits per heavy atom. The van der Waals surface area contributed by atoms with Crippen LogP contribution < -0.4 is 10.6 Å². The van der Waals surface area contributed by atoms with Gasteiger partial charge in [0, 0.05) is 24.2 Å². The Morgan fingerprint density at radius 2 is 1.03 bits per heavy atom. The summed E-state index contributed by atoms with van der Waals surface area (Å²) < 4.78 is 18.7. The van der Waals surface area contributed by atoms with Crippen molar-refractivity contribution in [3.05, 3.63) is 24.3 Å². The Morgan fingerprint density at radius 3 is 1.37 bits per heavy atom. The maximum Gasteiger partial charge on any atom is 0.407 e. The van der Waals surface area contributed by atoms with E-state index >= 15 is 0 Å². The molecule has 10 heteroatoms. The first-order chi connectivity index (χ1) is 18.1. The number of alkyl carbamates (subject to hydrolysis) is 2. The first-order valence-corrected chi connectivity index (χ1v) is 13.6. The number of carbonyl (C=O) groups is 4. The largest absolute Gasteiger partial charge is 0.459 e. The van der Waals surface area contributed by atoms with Crippen molar-refractivity contribution >= 4 is 24.1 Å². The molecule has 0 heterocycles. The molecule has 2 N–H and O–H groups in total. The maximum absolute atomic E-state index is 10.8. The number of ether oxygens (including phenoxy) is 4. The van der Waals surface area contributed by atoms with Crippen molar-refractivity contribution in [1.82, 2.24) is 10.6 Å². The molecule has 4 atom stereocenters. The lowest BCUT2D eigenvalue weighted by molar-refractivity contribution is -0.140. The fraction of sp³-hybridized carbons (Fsp3) is 0.714. The van der Waals surface area contributed by atoms with E-state index in [0.29, 0.717) is 24.2 Å². The van der Waals surface area contributed by atoms with Crippen LogP contribution in [0.3, 0.4) is 0 Å². The minimum atomic E-state index is -0.515. The summed E-state index contributed by atoms with van der Waals surface area (Å²) in [6.07, 6.45) is 8.50. The molecule has 0 aromatic heterocycles. The van der Waals surface area contributed by atoms with Crippen LogP contribution in [0.15, 0.2) is 24.3 Å². The monoisotopic (exact) mass is 538 g/mol. The van der Waals surface area contributed by atoms with Crippen molar-refractivity contribution in [3.63, 3.8) is 0 Å². The molecular formula is C28H46N2O8. The fourth-order valence-corrected chi connectivity index (χ4v) is 5.19. The van der Waals surface area contributed by atoms with E-state index in [1.165, 1.54) is 23.7 Å². The predicted molar refractivity (Wildman–Crippen MR) is 143 cm³/mol. The number of hydrogen-bond acceptors (Lipinski definition) is 8. The Labute approximate surface area is 226 Å². The second-order valence-corrected chi connectivity index (χ2v) is 9.76. The van der Waals surface area contributed by atoms with Gasteiger partial charge < -0.3 is 29.6 Å². The quantitative estimate of drug-likeness (QED) is 0.180. The topological polar surface area (TPSA) is 129 Å². The van der Waals surface area contributed by atoms with E-state index in [9.17, 15) is 19.2 Å². The third-order valence-corrected chi connectivity index (χ3v) is 6.79. The Hall–Kier alpha value is -3.04. The number of hydrogen-bond donors (Lipinski definition) is 2. The number of esters is 2. The van der Waals surface area contributed by atoms with E-state index in [-0.39, 0.29) is 26.4 Å². The third kappa shape index (κ3) is 12.5.